The van der Waals surface area contributed by atoms with E-state index in [1.165, 1.54) is 17.2 Å². The van der Waals surface area contributed by atoms with Crippen LogP contribution < -0.4 is 10.8 Å². The molecule has 0 radical (unpaired) electrons. The Labute approximate surface area is 169 Å². The second kappa shape index (κ2) is 8.81. The molecule has 1 aliphatic carbocycles. The van der Waals surface area contributed by atoms with E-state index in [0.29, 0.717) is 6.04 Å². The van der Waals surface area contributed by atoms with E-state index in [0.717, 1.165) is 42.8 Å². The second-order valence-corrected chi connectivity index (χ2v) is 7.05. The van der Waals surface area contributed by atoms with Gasteiger partial charge in [0.2, 0.25) is 0 Å². The SMILES string of the molecule is O=C(/C=C/c1ccc2c(c1)CCC2NCCn1cc(-c2ccccc2)nn1)NO. The fourth-order valence-electron chi connectivity index (χ4n) is 3.66. The first-order valence-electron chi connectivity index (χ1n) is 9.67. The molecule has 148 valence electrons. The molecular weight excluding hydrogens is 366 g/mol. The standard InChI is InChI=1S/C22H23N5O2/c28-22(25-29)11-7-16-6-9-19-18(14-16)8-10-20(19)23-12-13-27-15-21(24-26-27)17-4-2-1-3-5-17/h1-7,9,11,14-15,20,23,29H,8,10,12-13H2,(H,25,28)/b11-7+. The lowest BCUT2D eigenvalue weighted by Gasteiger charge is -2.14. The van der Waals surface area contributed by atoms with E-state index < -0.39 is 5.91 Å². The summed E-state index contributed by atoms with van der Waals surface area (Å²) in [5.74, 6) is -0.534. The molecule has 3 N–H and O–H groups in total. The van der Waals surface area contributed by atoms with Crippen LogP contribution in [0, 0.1) is 0 Å². The Balaban J connectivity index is 1.33. The molecule has 0 saturated carbocycles. The fourth-order valence-corrected chi connectivity index (χ4v) is 3.66. The molecule has 0 spiro atoms. The van der Waals surface area contributed by atoms with Crippen LogP contribution >= 0.6 is 0 Å². The first-order chi connectivity index (χ1) is 14.2. The number of nitrogens with one attached hydrogen (secondary N) is 2. The number of aromatic nitrogens is 3. The van der Waals surface area contributed by atoms with Gasteiger partial charge in [-0.05, 0) is 35.6 Å². The number of benzene rings is 2. The van der Waals surface area contributed by atoms with Crippen LogP contribution in [0.5, 0.6) is 0 Å². The minimum atomic E-state index is -0.534. The van der Waals surface area contributed by atoms with Crippen molar-refractivity contribution < 1.29 is 10.0 Å². The molecule has 0 fully saturated rings. The van der Waals surface area contributed by atoms with Crippen LogP contribution in [-0.2, 0) is 17.8 Å². The summed E-state index contributed by atoms with van der Waals surface area (Å²) in [7, 11) is 0. The molecule has 1 heterocycles. The Bertz CT molecular complexity index is 1010. The molecule has 0 aliphatic heterocycles. The fraction of sp³-hybridized carbons (Fsp3) is 0.227. The lowest BCUT2D eigenvalue weighted by Crippen LogP contribution is -2.24. The number of amides is 1. The van der Waals surface area contributed by atoms with Gasteiger partial charge in [-0.25, -0.2) is 5.48 Å². The molecule has 4 rings (SSSR count). The molecule has 2 aromatic carbocycles. The Kier molecular flexibility index (Phi) is 5.79. The average molecular weight is 389 g/mol. The van der Waals surface area contributed by atoms with Crippen molar-refractivity contribution in [1.29, 1.82) is 0 Å². The van der Waals surface area contributed by atoms with E-state index in [-0.39, 0.29) is 0 Å². The maximum atomic E-state index is 11.1. The van der Waals surface area contributed by atoms with Crippen molar-refractivity contribution in [2.45, 2.75) is 25.4 Å². The third-order valence-corrected chi connectivity index (χ3v) is 5.12. The molecule has 1 aromatic heterocycles. The molecule has 1 aliphatic rings. The summed E-state index contributed by atoms with van der Waals surface area (Å²) in [6.07, 6.45) is 7.03. The third kappa shape index (κ3) is 4.59. The number of hydrogen-bond donors (Lipinski definition) is 3. The Morgan fingerprint density at radius 1 is 1.24 bits per heavy atom. The normalized spacial score (nSPS) is 15.6. The number of fused-ring (bicyclic) bond motifs is 1. The van der Waals surface area contributed by atoms with Gasteiger partial charge in [0.25, 0.3) is 5.91 Å². The van der Waals surface area contributed by atoms with Gasteiger partial charge in [-0.2, -0.15) is 0 Å². The number of hydroxylamine groups is 1. The van der Waals surface area contributed by atoms with Gasteiger partial charge < -0.3 is 5.32 Å². The molecule has 1 unspecified atom stereocenters. The van der Waals surface area contributed by atoms with Crippen LogP contribution in [0.2, 0.25) is 0 Å². The van der Waals surface area contributed by atoms with Gasteiger partial charge in [0.05, 0.1) is 12.7 Å². The molecule has 0 bridgehead atoms. The number of nitrogens with zero attached hydrogens (tertiary/aromatic N) is 3. The molecule has 7 nitrogen and oxygen atoms in total. The highest BCUT2D eigenvalue weighted by Gasteiger charge is 2.21. The van der Waals surface area contributed by atoms with E-state index >= 15 is 0 Å². The highest BCUT2D eigenvalue weighted by Crippen LogP contribution is 2.31. The second-order valence-electron chi connectivity index (χ2n) is 7.05. The first kappa shape index (κ1) is 19.0. The van der Waals surface area contributed by atoms with E-state index in [4.69, 9.17) is 5.21 Å². The Morgan fingerprint density at radius 3 is 2.93 bits per heavy atom. The smallest absolute Gasteiger partial charge is 0.267 e. The van der Waals surface area contributed by atoms with Gasteiger partial charge >= 0.3 is 0 Å². The van der Waals surface area contributed by atoms with Gasteiger partial charge in [0, 0.05) is 24.2 Å². The number of carbonyl (C=O) groups excluding carboxylic acids is 1. The third-order valence-electron chi connectivity index (χ3n) is 5.12. The van der Waals surface area contributed by atoms with Gasteiger partial charge in [-0.3, -0.25) is 14.7 Å². The minimum absolute atomic E-state index is 0.320. The molecule has 29 heavy (non-hydrogen) atoms. The Morgan fingerprint density at radius 2 is 2.10 bits per heavy atom. The summed E-state index contributed by atoms with van der Waals surface area (Å²) in [5.41, 5.74) is 7.09. The monoisotopic (exact) mass is 389 g/mol. The van der Waals surface area contributed by atoms with Crippen LogP contribution in [0.25, 0.3) is 17.3 Å². The number of hydrogen-bond acceptors (Lipinski definition) is 5. The average Bonchev–Trinajstić information content (AvgIpc) is 3.40. The number of carbonyl (C=O) groups is 1. The quantitative estimate of drug-likeness (QED) is 0.328. The molecule has 0 saturated heterocycles. The van der Waals surface area contributed by atoms with Crippen LogP contribution in [0.1, 0.15) is 29.2 Å². The van der Waals surface area contributed by atoms with Gasteiger partial charge in [0.1, 0.15) is 5.69 Å². The van der Waals surface area contributed by atoms with Gasteiger partial charge in [-0.1, -0.05) is 53.7 Å². The van der Waals surface area contributed by atoms with Crippen molar-refractivity contribution in [3.63, 3.8) is 0 Å². The highest BCUT2D eigenvalue weighted by molar-refractivity contribution is 5.90. The topological polar surface area (TPSA) is 92.1 Å². The Hall–Kier alpha value is -3.29. The summed E-state index contributed by atoms with van der Waals surface area (Å²) >= 11 is 0. The van der Waals surface area contributed by atoms with Gasteiger partial charge in [-0.15, -0.1) is 5.10 Å². The summed E-state index contributed by atoms with van der Waals surface area (Å²) in [5, 5.41) is 20.6. The van der Waals surface area contributed by atoms with Crippen molar-refractivity contribution in [2.24, 2.45) is 0 Å². The molecule has 7 heteroatoms. The zero-order valence-corrected chi connectivity index (χ0v) is 16.0. The van der Waals surface area contributed by atoms with Crippen molar-refractivity contribution in [3.8, 4) is 11.3 Å². The zero-order chi connectivity index (χ0) is 20.1. The van der Waals surface area contributed by atoms with Crippen molar-refractivity contribution in [2.75, 3.05) is 6.54 Å². The van der Waals surface area contributed by atoms with E-state index in [1.807, 2.05) is 47.3 Å². The van der Waals surface area contributed by atoms with Gasteiger partial charge in [0.15, 0.2) is 0 Å². The molecular formula is C22H23N5O2. The predicted molar refractivity (Wildman–Crippen MR) is 110 cm³/mol. The summed E-state index contributed by atoms with van der Waals surface area (Å²) in [6.45, 7) is 1.56. The largest absolute Gasteiger partial charge is 0.308 e. The van der Waals surface area contributed by atoms with E-state index in [9.17, 15) is 4.79 Å². The van der Waals surface area contributed by atoms with Crippen LogP contribution in [0.15, 0.2) is 60.8 Å². The maximum absolute atomic E-state index is 11.1. The summed E-state index contributed by atoms with van der Waals surface area (Å²) in [4.78, 5) is 11.1. The molecule has 1 atom stereocenters. The number of aryl methyl sites for hydroxylation is 1. The first-order valence-corrected chi connectivity index (χ1v) is 9.67. The predicted octanol–water partition coefficient (Wildman–Crippen LogP) is 2.74. The lowest BCUT2D eigenvalue weighted by atomic mass is 10.0. The molecule has 3 aromatic rings. The van der Waals surface area contributed by atoms with Crippen molar-refractivity contribution >= 4 is 12.0 Å². The lowest BCUT2D eigenvalue weighted by molar-refractivity contribution is -0.124. The zero-order valence-electron chi connectivity index (χ0n) is 16.0. The van der Waals surface area contributed by atoms with E-state index in [1.54, 1.807) is 11.6 Å². The maximum Gasteiger partial charge on any atom is 0.267 e. The highest BCUT2D eigenvalue weighted by atomic mass is 16.5. The van der Waals surface area contributed by atoms with Crippen LogP contribution in [0.3, 0.4) is 0 Å². The molecule has 1 amide bonds. The van der Waals surface area contributed by atoms with Crippen LogP contribution in [-0.4, -0.2) is 32.7 Å². The van der Waals surface area contributed by atoms with E-state index in [2.05, 4.69) is 27.8 Å². The minimum Gasteiger partial charge on any atom is -0.308 e. The summed E-state index contributed by atoms with van der Waals surface area (Å²) < 4.78 is 1.87. The van der Waals surface area contributed by atoms with Crippen molar-refractivity contribution in [1.82, 2.24) is 25.8 Å². The number of rotatable bonds is 7. The van der Waals surface area contributed by atoms with Crippen LogP contribution in [0.4, 0.5) is 0 Å². The summed E-state index contributed by atoms with van der Waals surface area (Å²) in [6, 6.07) is 16.6. The van der Waals surface area contributed by atoms with Crippen molar-refractivity contribution in [3.05, 3.63) is 77.5 Å².